The summed E-state index contributed by atoms with van der Waals surface area (Å²) in [5, 5.41) is 12.0. The normalized spacial score (nSPS) is 17.0. The number of pyridine rings is 1. The van der Waals surface area contributed by atoms with Crippen molar-refractivity contribution in [2.45, 2.75) is 19.0 Å². The second kappa shape index (κ2) is 9.34. The highest BCUT2D eigenvalue weighted by Crippen LogP contribution is 2.19. The third kappa shape index (κ3) is 5.55. The fourth-order valence-corrected chi connectivity index (χ4v) is 3.26. The van der Waals surface area contributed by atoms with Gasteiger partial charge in [-0.3, -0.25) is 14.9 Å². The number of aromatic nitrogens is 1. The van der Waals surface area contributed by atoms with E-state index in [2.05, 4.69) is 58.5 Å². The highest BCUT2D eigenvalue weighted by Gasteiger charge is 2.22. The molecular formula is C21H27N5O2. The molecule has 0 aliphatic carbocycles. The van der Waals surface area contributed by atoms with Gasteiger partial charge in [0.15, 0.2) is 0 Å². The van der Waals surface area contributed by atoms with Gasteiger partial charge in [-0.2, -0.15) is 0 Å². The van der Waals surface area contributed by atoms with Gasteiger partial charge in [0.25, 0.3) is 5.91 Å². The zero-order chi connectivity index (χ0) is 19.9. The highest BCUT2D eigenvalue weighted by atomic mass is 16.5. The molecular weight excluding hydrogens is 354 g/mol. The van der Waals surface area contributed by atoms with E-state index in [-0.39, 0.29) is 0 Å². The number of anilines is 2. The predicted molar refractivity (Wildman–Crippen MR) is 111 cm³/mol. The zero-order valence-electron chi connectivity index (χ0n) is 16.3. The molecule has 7 heteroatoms. The van der Waals surface area contributed by atoms with Crippen molar-refractivity contribution in [2.75, 3.05) is 37.4 Å². The molecule has 0 radical (unpaired) electrons. The maximum absolute atomic E-state index is 11.0. The van der Waals surface area contributed by atoms with Gasteiger partial charge >= 0.3 is 0 Å². The summed E-state index contributed by atoms with van der Waals surface area (Å²) in [6, 6.07) is 12.9. The van der Waals surface area contributed by atoms with Crippen LogP contribution in [-0.4, -0.2) is 54.2 Å². The second-order valence-corrected chi connectivity index (χ2v) is 7.21. The van der Waals surface area contributed by atoms with E-state index >= 15 is 0 Å². The molecule has 0 saturated carbocycles. The summed E-state index contributed by atoms with van der Waals surface area (Å²) < 4.78 is 0. The summed E-state index contributed by atoms with van der Waals surface area (Å²) in [5.41, 5.74) is 4.89. The molecule has 2 aromatic rings. The Bertz CT molecular complexity index is 803. The number of carbonyl (C=O) groups excluding carboxylic acids is 1. The number of likely N-dealkylation sites (tertiary alicyclic amines) is 1. The van der Waals surface area contributed by atoms with Crippen LogP contribution in [0.2, 0.25) is 0 Å². The minimum absolute atomic E-state index is 0.370. The highest BCUT2D eigenvalue weighted by molar-refractivity contribution is 5.90. The summed E-state index contributed by atoms with van der Waals surface area (Å²) in [6.07, 6.45) is 5.63. The molecule has 2 heterocycles. The Kier molecular flexibility index (Phi) is 6.62. The number of hydrogen-bond acceptors (Lipinski definition) is 6. The minimum Gasteiger partial charge on any atom is -0.378 e. The van der Waals surface area contributed by atoms with Gasteiger partial charge in [0.1, 0.15) is 5.82 Å². The fraction of sp³-hybridized carbons (Fsp3) is 0.333. The molecule has 1 aromatic heterocycles. The lowest BCUT2D eigenvalue weighted by Gasteiger charge is -2.18. The monoisotopic (exact) mass is 381 g/mol. The van der Waals surface area contributed by atoms with Crippen LogP contribution in [0.4, 0.5) is 11.5 Å². The number of nitrogens with zero attached hydrogens (tertiary/aromatic N) is 3. The number of nitrogens with one attached hydrogen (secondary N) is 2. The summed E-state index contributed by atoms with van der Waals surface area (Å²) in [5.74, 6) is 0.260. The van der Waals surface area contributed by atoms with E-state index in [4.69, 9.17) is 5.21 Å². The van der Waals surface area contributed by atoms with Crippen molar-refractivity contribution < 1.29 is 10.0 Å². The summed E-state index contributed by atoms with van der Waals surface area (Å²) in [7, 11) is 4.10. The summed E-state index contributed by atoms with van der Waals surface area (Å²) >= 11 is 0. The predicted octanol–water partition coefficient (Wildman–Crippen LogP) is 2.35. The molecule has 1 saturated heterocycles. The lowest BCUT2D eigenvalue weighted by Crippen LogP contribution is -2.26. The van der Waals surface area contributed by atoms with E-state index in [1.807, 2.05) is 12.1 Å². The van der Waals surface area contributed by atoms with E-state index in [1.54, 1.807) is 17.8 Å². The van der Waals surface area contributed by atoms with Crippen molar-refractivity contribution in [1.29, 1.82) is 0 Å². The van der Waals surface area contributed by atoms with Crippen molar-refractivity contribution in [3.8, 4) is 0 Å². The van der Waals surface area contributed by atoms with Gasteiger partial charge in [-0.05, 0) is 47.9 Å². The standard InChI is InChI=1S/C21H27N5O2/c1-25(2)19-7-3-17(4-8-19)14-26-12-11-18(15-26)23-20-9-5-16(13-22-20)6-10-21(27)24-28/h3-10,13,18,28H,11-12,14-15H2,1-2H3,(H,22,23)(H,24,27)/t18-/m1/s1. The van der Waals surface area contributed by atoms with Gasteiger partial charge in [-0.1, -0.05) is 12.1 Å². The first-order valence-corrected chi connectivity index (χ1v) is 9.37. The Morgan fingerprint density at radius 3 is 2.71 bits per heavy atom. The van der Waals surface area contributed by atoms with Crippen LogP contribution >= 0.6 is 0 Å². The molecule has 0 spiro atoms. The van der Waals surface area contributed by atoms with Crippen molar-refractivity contribution in [3.63, 3.8) is 0 Å². The largest absolute Gasteiger partial charge is 0.378 e. The molecule has 1 aromatic carbocycles. The Morgan fingerprint density at radius 1 is 1.29 bits per heavy atom. The van der Waals surface area contributed by atoms with Gasteiger partial charge < -0.3 is 10.2 Å². The van der Waals surface area contributed by atoms with Crippen LogP contribution in [-0.2, 0) is 11.3 Å². The minimum atomic E-state index is -0.565. The van der Waals surface area contributed by atoms with E-state index in [1.165, 1.54) is 17.3 Å². The Labute approximate surface area is 165 Å². The first-order chi connectivity index (χ1) is 13.5. The number of hydrogen-bond donors (Lipinski definition) is 3. The molecule has 7 nitrogen and oxygen atoms in total. The fourth-order valence-electron chi connectivity index (χ4n) is 3.26. The first-order valence-electron chi connectivity index (χ1n) is 9.37. The molecule has 28 heavy (non-hydrogen) atoms. The number of amides is 1. The van der Waals surface area contributed by atoms with Crippen LogP contribution in [0.3, 0.4) is 0 Å². The zero-order valence-corrected chi connectivity index (χ0v) is 16.3. The Hall–Kier alpha value is -2.90. The molecule has 1 fully saturated rings. The van der Waals surface area contributed by atoms with Crippen molar-refractivity contribution in [3.05, 3.63) is 59.8 Å². The molecule has 1 amide bonds. The maximum atomic E-state index is 11.0. The lowest BCUT2D eigenvalue weighted by molar-refractivity contribution is -0.124. The molecule has 3 N–H and O–H groups in total. The molecule has 3 rings (SSSR count). The van der Waals surface area contributed by atoms with Gasteiger partial charge in [-0.25, -0.2) is 10.5 Å². The molecule has 0 bridgehead atoms. The van der Waals surface area contributed by atoms with E-state index < -0.39 is 5.91 Å². The maximum Gasteiger partial charge on any atom is 0.267 e. The molecule has 1 aliphatic rings. The third-order valence-electron chi connectivity index (χ3n) is 4.81. The van der Waals surface area contributed by atoms with Crippen LogP contribution in [0.15, 0.2) is 48.7 Å². The Morgan fingerprint density at radius 2 is 2.07 bits per heavy atom. The van der Waals surface area contributed by atoms with Crippen LogP contribution in [0.5, 0.6) is 0 Å². The van der Waals surface area contributed by atoms with Gasteiger partial charge in [0.2, 0.25) is 0 Å². The van der Waals surface area contributed by atoms with Crippen LogP contribution < -0.4 is 15.7 Å². The quantitative estimate of drug-likeness (QED) is 0.388. The lowest BCUT2D eigenvalue weighted by atomic mass is 10.2. The number of carbonyl (C=O) groups is 1. The average Bonchev–Trinajstić information content (AvgIpc) is 3.14. The van der Waals surface area contributed by atoms with Crippen molar-refractivity contribution in [2.24, 2.45) is 0 Å². The average molecular weight is 381 g/mol. The van der Waals surface area contributed by atoms with Crippen molar-refractivity contribution >= 4 is 23.5 Å². The van der Waals surface area contributed by atoms with E-state index in [9.17, 15) is 4.79 Å². The van der Waals surface area contributed by atoms with E-state index in [0.717, 1.165) is 37.4 Å². The first kappa shape index (κ1) is 19.9. The molecule has 0 unspecified atom stereocenters. The van der Waals surface area contributed by atoms with Crippen molar-refractivity contribution in [1.82, 2.24) is 15.4 Å². The number of rotatable bonds is 7. The SMILES string of the molecule is CN(C)c1ccc(CN2CC[C@@H](Nc3ccc(C=CC(=O)NO)cn3)C2)cc1. The smallest absolute Gasteiger partial charge is 0.267 e. The topological polar surface area (TPSA) is 80.7 Å². The third-order valence-corrected chi connectivity index (χ3v) is 4.81. The van der Waals surface area contributed by atoms with E-state index in [0.29, 0.717) is 6.04 Å². The van der Waals surface area contributed by atoms with Crippen LogP contribution in [0.1, 0.15) is 17.5 Å². The molecule has 1 aliphatic heterocycles. The second-order valence-electron chi connectivity index (χ2n) is 7.21. The van der Waals surface area contributed by atoms with Gasteiger partial charge in [0.05, 0.1) is 0 Å². The molecule has 1 atom stereocenters. The van der Waals surface area contributed by atoms with Gasteiger partial charge in [-0.15, -0.1) is 0 Å². The van der Waals surface area contributed by atoms with Crippen LogP contribution in [0.25, 0.3) is 6.08 Å². The number of benzene rings is 1. The summed E-state index contributed by atoms with van der Waals surface area (Å²) in [6.45, 7) is 3.00. The number of hydroxylamine groups is 1. The van der Waals surface area contributed by atoms with Gasteiger partial charge in [0, 0.05) is 57.7 Å². The Balaban J connectivity index is 1.49. The summed E-state index contributed by atoms with van der Waals surface area (Å²) in [4.78, 5) is 20.0. The van der Waals surface area contributed by atoms with Crippen LogP contribution in [0, 0.1) is 0 Å². The molecule has 148 valence electrons.